The normalized spacial score (nSPS) is 43.9. The summed E-state index contributed by atoms with van der Waals surface area (Å²) in [6.45, 7) is 8.40. The van der Waals surface area contributed by atoms with Gasteiger partial charge >= 0.3 is 0 Å². The second-order valence-electron chi connectivity index (χ2n) is 10.4. The van der Waals surface area contributed by atoms with Gasteiger partial charge in [-0.15, -0.1) is 0 Å². The number of hydrogen-bond acceptors (Lipinski definition) is 5. The molecule has 9 heteroatoms. The largest absolute Gasteiger partial charge is 0.756 e. The van der Waals surface area contributed by atoms with Gasteiger partial charge in [-0.2, -0.15) is 0 Å². The average Bonchev–Trinajstić information content (AvgIpc) is 2.88. The van der Waals surface area contributed by atoms with E-state index in [1.807, 2.05) is 6.08 Å². The van der Waals surface area contributed by atoms with Gasteiger partial charge in [0.05, 0.1) is 0 Å². The van der Waals surface area contributed by atoms with E-state index >= 15 is 0 Å². The summed E-state index contributed by atoms with van der Waals surface area (Å²) in [5, 5.41) is 11.2. The van der Waals surface area contributed by atoms with Crippen molar-refractivity contribution in [2.75, 3.05) is 0 Å². The summed E-state index contributed by atoms with van der Waals surface area (Å²) in [6, 6.07) is 0. The van der Waals surface area contributed by atoms with Gasteiger partial charge in [-0.25, -0.2) is 0 Å². The molecule has 0 heterocycles. The first kappa shape index (κ1) is 26.4. The van der Waals surface area contributed by atoms with Crippen molar-refractivity contribution in [3.05, 3.63) is 11.6 Å². The predicted molar refractivity (Wildman–Crippen MR) is 115 cm³/mol. The fourth-order valence-electron chi connectivity index (χ4n) is 7.58. The molecule has 0 aromatic heterocycles. The molecule has 3 fully saturated rings. The lowest BCUT2D eigenvalue weighted by atomic mass is 9.45. The molecule has 0 aromatic carbocycles. The van der Waals surface area contributed by atoms with Gasteiger partial charge in [-0.05, 0) is 80.6 Å². The van der Waals surface area contributed by atoms with Crippen LogP contribution < -0.4 is 11.0 Å². The van der Waals surface area contributed by atoms with Crippen molar-refractivity contribution in [3.63, 3.8) is 0 Å². The topological polar surface area (TPSA) is 171 Å². The third-order valence-corrected chi connectivity index (χ3v) is 9.01. The van der Waals surface area contributed by atoms with Crippen LogP contribution in [0.25, 0.3) is 0 Å². The summed E-state index contributed by atoms with van der Waals surface area (Å²) in [7, 11) is -4.89. The van der Waals surface area contributed by atoms with E-state index in [0.29, 0.717) is 42.3 Å². The zero-order valence-corrected chi connectivity index (χ0v) is 20.2. The molecule has 178 valence electrons. The van der Waals surface area contributed by atoms with Crippen LogP contribution in [-0.4, -0.2) is 32.1 Å². The van der Waals surface area contributed by atoms with Crippen LogP contribution in [0.5, 0.6) is 0 Å². The van der Waals surface area contributed by atoms with Gasteiger partial charge < -0.3 is 25.9 Å². The summed E-state index contributed by atoms with van der Waals surface area (Å²) in [5.41, 5.74) is 0.107. The molecule has 0 amide bonds. The van der Waals surface area contributed by atoms with Crippen molar-refractivity contribution < 1.29 is 33.9 Å². The maximum atomic E-state index is 12.3. The maximum absolute atomic E-state index is 12.3. The molecule has 7 atom stereocenters. The minimum Gasteiger partial charge on any atom is -0.756 e. The number of rotatable bonds is 1. The summed E-state index contributed by atoms with van der Waals surface area (Å²) < 4.78 is 8.77. The molecule has 0 radical (unpaired) electrons. The fraction of sp³-hybridized carbons (Fsp3) is 0.818. The predicted octanol–water partition coefficient (Wildman–Crippen LogP) is 2.90. The molecule has 31 heavy (non-hydrogen) atoms. The average molecular weight is 460 g/mol. The maximum Gasteiger partial charge on any atom is 0.262 e. The third kappa shape index (κ3) is 4.35. The van der Waals surface area contributed by atoms with Crippen LogP contribution in [0, 0.1) is 34.5 Å². The first-order chi connectivity index (χ1) is 13.6. The SMILES string of the molecule is CC(=O)[C@@]1(O)CC[C@H]2[C@@H]3C[C@H](C)C4=CC(=O)CC[C@]4(C)[C@H]3CC[C@@]21C.O=P([O-])(O)O.[NH4+]. The Morgan fingerprint density at radius 2 is 1.71 bits per heavy atom. The molecule has 0 bridgehead atoms. The van der Waals surface area contributed by atoms with Crippen LogP contribution in [0.1, 0.15) is 72.6 Å². The Kier molecular flexibility index (Phi) is 7.20. The van der Waals surface area contributed by atoms with Crippen LogP contribution in [-0.2, 0) is 14.2 Å². The second kappa shape index (κ2) is 8.47. The molecule has 7 N–H and O–H groups in total. The minimum atomic E-state index is -4.89. The second-order valence-corrected chi connectivity index (χ2v) is 11.4. The smallest absolute Gasteiger partial charge is 0.262 e. The molecular weight excluding hydrogens is 421 g/mol. The zero-order valence-electron chi connectivity index (χ0n) is 19.3. The third-order valence-electron chi connectivity index (χ3n) is 9.01. The number of phosphoric acid groups is 1. The van der Waals surface area contributed by atoms with Gasteiger partial charge in [0.15, 0.2) is 11.6 Å². The number of carbonyl (C=O) groups is 2. The van der Waals surface area contributed by atoms with Gasteiger partial charge in [-0.1, -0.05) is 26.3 Å². The highest BCUT2D eigenvalue weighted by Crippen LogP contribution is 2.68. The number of quaternary nitrogens is 1. The van der Waals surface area contributed by atoms with E-state index < -0.39 is 13.4 Å². The Labute approximate surface area is 184 Å². The van der Waals surface area contributed by atoms with E-state index in [0.717, 1.165) is 32.1 Å². The van der Waals surface area contributed by atoms with Gasteiger partial charge in [0.2, 0.25) is 0 Å². The van der Waals surface area contributed by atoms with Crippen LogP contribution in [0.4, 0.5) is 0 Å². The fourth-order valence-corrected chi connectivity index (χ4v) is 7.58. The van der Waals surface area contributed by atoms with E-state index in [9.17, 15) is 14.7 Å². The summed E-state index contributed by atoms with van der Waals surface area (Å²) >= 11 is 0. The van der Waals surface area contributed by atoms with Gasteiger partial charge in [-0.3, -0.25) is 14.2 Å². The number of aliphatic hydroxyl groups is 1. The molecule has 3 saturated carbocycles. The first-order valence-corrected chi connectivity index (χ1v) is 12.4. The number of allylic oxidation sites excluding steroid dienone is 1. The number of hydrogen-bond donors (Lipinski definition) is 4. The van der Waals surface area contributed by atoms with Crippen molar-refractivity contribution in [1.29, 1.82) is 0 Å². The van der Waals surface area contributed by atoms with Crippen molar-refractivity contribution in [1.82, 2.24) is 6.15 Å². The van der Waals surface area contributed by atoms with Gasteiger partial charge in [0.1, 0.15) is 5.60 Å². The van der Waals surface area contributed by atoms with E-state index in [2.05, 4.69) is 20.8 Å². The van der Waals surface area contributed by atoms with Crippen LogP contribution >= 0.6 is 7.82 Å². The molecule has 0 aromatic rings. The monoisotopic (exact) mass is 459 g/mol. The quantitative estimate of drug-likeness (QED) is 0.436. The van der Waals surface area contributed by atoms with Crippen LogP contribution in [0.15, 0.2) is 11.6 Å². The molecule has 0 unspecified atom stereocenters. The molecule has 8 nitrogen and oxygen atoms in total. The number of carbonyl (C=O) groups excluding carboxylic acids is 2. The van der Waals surface area contributed by atoms with Crippen molar-refractivity contribution in [2.24, 2.45) is 34.5 Å². The first-order valence-electron chi connectivity index (χ1n) is 10.9. The highest BCUT2D eigenvalue weighted by atomic mass is 31.2. The van der Waals surface area contributed by atoms with Gasteiger partial charge in [0.25, 0.3) is 7.82 Å². The van der Waals surface area contributed by atoms with E-state index in [-0.39, 0.29) is 22.8 Å². The van der Waals surface area contributed by atoms with Crippen molar-refractivity contribution in [2.45, 2.75) is 78.2 Å². The Bertz CT molecular complexity index is 814. The van der Waals surface area contributed by atoms with E-state index in [4.69, 9.17) is 19.2 Å². The van der Waals surface area contributed by atoms with E-state index in [1.54, 1.807) is 6.92 Å². The number of fused-ring (bicyclic) bond motifs is 5. The Balaban J connectivity index is 0.000000514. The van der Waals surface area contributed by atoms with Gasteiger partial charge in [0, 0.05) is 11.8 Å². The lowest BCUT2D eigenvalue weighted by Gasteiger charge is -2.60. The summed E-state index contributed by atoms with van der Waals surface area (Å²) in [6.07, 6.45) is 8.31. The van der Waals surface area contributed by atoms with Crippen molar-refractivity contribution in [3.8, 4) is 0 Å². The minimum absolute atomic E-state index is 0. The Morgan fingerprint density at radius 3 is 2.26 bits per heavy atom. The Morgan fingerprint density at radius 1 is 1.16 bits per heavy atom. The lowest BCUT2D eigenvalue weighted by molar-refractivity contribution is -0.214. The molecule has 4 aliphatic rings. The number of ketones is 2. The zero-order chi connectivity index (χ0) is 22.7. The standard InChI is InChI=1S/C22H32O3.H3N.H3O4P/c1-13-11-16-17(20(3)8-5-15(24)12-19(13)20)6-9-21(4)18(16)7-10-22(21,25)14(2)23;;1-5(2,3)4/h12-13,16-18,25H,5-11H2,1-4H3;1H3;(H3,1,2,3,4)/t13-,16+,17-,18-,20+,21-,22-;;/m0../s1. The Hall–Kier alpha value is -0.890. The number of Topliss-reactive ketones (excluding diaryl/α,β-unsaturated/α-hetero) is 1. The molecule has 0 saturated heterocycles. The van der Waals surface area contributed by atoms with E-state index in [1.165, 1.54) is 5.57 Å². The molecule has 4 aliphatic carbocycles. The van der Waals surface area contributed by atoms with Crippen LogP contribution in [0.3, 0.4) is 0 Å². The highest BCUT2D eigenvalue weighted by molar-refractivity contribution is 7.43. The van der Waals surface area contributed by atoms with Crippen molar-refractivity contribution >= 4 is 19.4 Å². The lowest BCUT2D eigenvalue weighted by Crippen LogP contribution is -2.57. The summed E-state index contributed by atoms with van der Waals surface area (Å²) in [5.74, 6) is 2.27. The summed E-state index contributed by atoms with van der Waals surface area (Å²) in [4.78, 5) is 47.2. The molecular formula is C22H38NO7P. The highest BCUT2D eigenvalue weighted by Gasteiger charge is 2.66. The van der Waals surface area contributed by atoms with Crippen LogP contribution in [0.2, 0.25) is 0 Å². The molecule has 4 rings (SSSR count). The molecule has 0 aliphatic heterocycles. The molecule has 0 spiro atoms.